The van der Waals surface area contributed by atoms with Gasteiger partial charge in [0.1, 0.15) is 11.6 Å². The van der Waals surface area contributed by atoms with E-state index in [-0.39, 0.29) is 17.8 Å². The summed E-state index contributed by atoms with van der Waals surface area (Å²) in [7, 11) is 3.86. The van der Waals surface area contributed by atoms with E-state index in [0.29, 0.717) is 18.8 Å². The maximum Gasteiger partial charge on any atom is 0.450 e. The minimum atomic E-state index is -4.71. The van der Waals surface area contributed by atoms with Gasteiger partial charge < -0.3 is 20.0 Å². The third kappa shape index (κ3) is 5.04. The van der Waals surface area contributed by atoms with Gasteiger partial charge in [0.05, 0.1) is 11.1 Å². The molecule has 3 aromatic rings. The Morgan fingerprint density at radius 3 is 2.42 bits per heavy atom. The first-order chi connectivity index (χ1) is 15.6. The minimum absolute atomic E-state index is 0.0489. The van der Waals surface area contributed by atoms with E-state index < -0.39 is 23.4 Å². The molecule has 10 heteroatoms. The Morgan fingerprint density at radius 1 is 1.09 bits per heavy atom. The van der Waals surface area contributed by atoms with Gasteiger partial charge in [0.15, 0.2) is 0 Å². The molecule has 0 radical (unpaired) electrons. The van der Waals surface area contributed by atoms with E-state index in [9.17, 15) is 18.0 Å². The molecule has 7 nitrogen and oxygen atoms in total. The van der Waals surface area contributed by atoms with Gasteiger partial charge >= 0.3 is 6.18 Å². The van der Waals surface area contributed by atoms with Crippen molar-refractivity contribution in [3.8, 4) is 0 Å². The lowest BCUT2D eigenvalue weighted by molar-refractivity contribution is -0.153. The number of furan rings is 1. The van der Waals surface area contributed by atoms with Gasteiger partial charge in [-0.15, -0.1) is 0 Å². The summed E-state index contributed by atoms with van der Waals surface area (Å²) in [4.78, 5) is 23.7. The fraction of sp³-hybridized carbons (Fsp3) is 0.435. The normalized spacial score (nSPS) is 18.8. The van der Waals surface area contributed by atoms with Crippen molar-refractivity contribution in [2.45, 2.75) is 50.9 Å². The molecule has 0 unspecified atom stereocenters. The van der Waals surface area contributed by atoms with E-state index in [1.54, 1.807) is 0 Å². The second-order valence-corrected chi connectivity index (χ2v) is 8.55. The summed E-state index contributed by atoms with van der Waals surface area (Å²) in [5.41, 5.74) is 0.372. The topological polar surface area (TPSA) is 83.3 Å². The van der Waals surface area contributed by atoms with Crippen LogP contribution >= 0.6 is 0 Å². The van der Waals surface area contributed by atoms with Crippen molar-refractivity contribution in [1.29, 1.82) is 0 Å². The van der Waals surface area contributed by atoms with E-state index in [1.807, 2.05) is 43.3 Å². The zero-order valence-electron chi connectivity index (χ0n) is 18.7. The molecule has 0 atom stereocenters. The predicted molar refractivity (Wildman–Crippen MR) is 119 cm³/mol. The molecule has 33 heavy (non-hydrogen) atoms. The fourth-order valence-electron chi connectivity index (χ4n) is 4.19. The summed E-state index contributed by atoms with van der Waals surface area (Å²) in [6, 6.07) is 8.83. The van der Waals surface area contributed by atoms with Crippen LogP contribution in [0.5, 0.6) is 0 Å². The molecular weight excluding hydrogens is 435 g/mol. The Labute approximate surface area is 189 Å². The number of aromatic nitrogens is 2. The summed E-state index contributed by atoms with van der Waals surface area (Å²) in [6.07, 6.45) is -1.98. The van der Waals surface area contributed by atoms with Crippen LogP contribution in [-0.2, 0) is 6.18 Å². The maximum absolute atomic E-state index is 13.1. The van der Waals surface area contributed by atoms with Crippen molar-refractivity contribution >= 4 is 28.6 Å². The number of anilines is 2. The monoisotopic (exact) mass is 461 g/mol. The van der Waals surface area contributed by atoms with Crippen LogP contribution in [0.2, 0.25) is 0 Å². The molecular formula is C23H26F3N5O2. The van der Waals surface area contributed by atoms with Gasteiger partial charge in [-0.05, 0) is 50.8 Å². The highest BCUT2D eigenvalue weighted by Crippen LogP contribution is 2.34. The van der Waals surface area contributed by atoms with Gasteiger partial charge in [0.2, 0.25) is 11.7 Å². The second-order valence-electron chi connectivity index (χ2n) is 8.55. The summed E-state index contributed by atoms with van der Waals surface area (Å²) >= 11 is 0. The number of carbonyl (C=O) groups excluding carboxylic acids is 1. The Morgan fingerprint density at radius 2 is 1.76 bits per heavy atom. The van der Waals surface area contributed by atoms with E-state index in [4.69, 9.17) is 4.42 Å². The van der Waals surface area contributed by atoms with Crippen LogP contribution in [0.15, 0.2) is 34.7 Å². The average Bonchev–Trinajstić information content (AvgIpc) is 3.17. The molecule has 1 aromatic carbocycles. The van der Waals surface area contributed by atoms with E-state index >= 15 is 0 Å². The first-order valence-electron chi connectivity index (χ1n) is 10.8. The summed E-state index contributed by atoms with van der Waals surface area (Å²) in [5, 5.41) is 7.07. The number of hydrogen-bond donors (Lipinski definition) is 2. The van der Waals surface area contributed by atoms with Crippen LogP contribution in [0, 0.1) is 6.92 Å². The summed E-state index contributed by atoms with van der Waals surface area (Å²) in [6.45, 7) is 1.39. The number of hydrogen-bond acceptors (Lipinski definition) is 6. The minimum Gasteiger partial charge on any atom is -0.456 e. The molecule has 176 valence electrons. The smallest absolute Gasteiger partial charge is 0.450 e. The predicted octanol–water partition coefficient (Wildman–Crippen LogP) is 4.77. The highest BCUT2D eigenvalue weighted by atomic mass is 19.4. The number of para-hydroxylation sites is 1. The molecule has 1 fully saturated rings. The molecule has 2 N–H and O–H groups in total. The van der Waals surface area contributed by atoms with Crippen molar-refractivity contribution in [3.05, 3.63) is 47.4 Å². The highest BCUT2D eigenvalue weighted by molar-refractivity contribution is 5.95. The summed E-state index contributed by atoms with van der Waals surface area (Å²) < 4.78 is 44.1. The van der Waals surface area contributed by atoms with Gasteiger partial charge in [-0.1, -0.05) is 12.1 Å². The molecule has 2 aromatic heterocycles. The molecule has 1 aliphatic rings. The molecule has 0 bridgehead atoms. The third-order valence-corrected chi connectivity index (χ3v) is 5.76. The molecule has 1 amide bonds. The van der Waals surface area contributed by atoms with Crippen LogP contribution in [0.25, 0.3) is 10.9 Å². The zero-order valence-corrected chi connectivity index (χ0v) is 18.7. The Balaban J connectivity index is 1.39. The first kappa shape index (κ1) is 22.9. The highest BCUT2D eigenvalue weighted by Gasteiger charge is 2.40. The Bertz CT molecular complexity index is 1150. The van der Waals surface area contributed by atoms with Crippen LogP contribution in [-0.4, -0.2) is 42.1 Å². The summed E-state index contributed by atoms with van der Waals surface area (Å²) in [5.74, 6) is -0.608. The number of carbonyl (C=O) groups is 1. The lowest BCUT2D eigenvalue weighted by atomic mass is 9.91. The van der Waals surface area contributed by atoms with Gasteiger partial charge in [-0.2, -0.15) is 18.2 Å². The van der Waals surface area contributed by atoms with Crippen LogP contribution in [0.3, 0.4) is 0 Å². The fourth-order valence-corrected chi connectivity index (χ4v) is 4.19. The molecule has 2 heterocycles. The van der Waals surface area contributed by atoms with Crippen molar-refractivity contribution in [2.75, 3.05) is 24.3 Å². The Hall–Kier alpha value is -3.30. The quantitative estimate of drug-likeness (QED) is 0.570. The van der Waals surface area contributed by atoms with Crippen molar-refractivity contribution in [2.24, 2.45) is 0 Å². The maximum atomic E-state index is 13.1. The number of fused-ring (bicyclic) bond motifs is 1. The molecule has 0 spiro atoms. The lowest BCUT2D eigenvalue weighted by Crippen LogP contribution is -2.40. The number of aryl methyl sites for hydroxylation is 1. The number of amides is 1. The SMILES string of the molecule is Cc1cc(C(=O)N[C@H]2CC[C@@H](Nc3nc(N(C)C)c4ccccc4n3)CC2)c(C(F)(F)F)o1. The van der Waals surface area contributed by atoms with Gasteiger partial charge in [0, 0.05) is 31.6 Å². The van der Waals surface area contributed by atoms with Crippen LogP contribution < -0.4 is 15.5 Å². The van der Waals surface area contributed by atoms with E-state index in [1.165, 1.54) is 6.92 Å². The lowest BCUT2D eigenvalue weighted by Gasteiger charge is -2.30. The zero-order chi connectivity index (χ0) is 23.8. The average molecular weight is 461 g/mol. The molecule has 1 aliphatic carbocycles. The van der Waals surface area contributed by atoms with Crippen LogP contribution in [0.1, 0.15) is 47.6 Å². The Kier molecular flexibility index (Phi) is 6.18. The number of nitrogens with zero attached hydrogens (tertiary/aromatic N) is 3. The second kappa shape index (κ2) is 8.92. The standard InChI is InChI=1S/C23H26F3N5O2/c1-13-12-17(19(33-13)23(24,25)26)21(32)27-14-8-10-15(11-9-14)28-22-29-18-7-5-4-6-16(18)20(30-22)31(2)3/h4-7,12,14-15H,8-11H2,1-3H3,(H,27,32)(H,28,29,30)/t14-,15+. The van der Waals surface area contributed by atoms with Crippen LogP contribution in [0.4, 0.5) is 24.9 Å². The molecule has 1 saturated carbocycles. The van der Waals surface area contributed by atoms with Crippen molar-refractivity contribution < 1.29 is 22.4 Å². The molecule has 0 saturated heterocycles. The molecule has 4 rings (SSSR count). The largest absolute Gasteiger partial charge is 0.456 e. The number of benzene rings is 1. The number of alkyl halides is 3. The number of halogens is 3. The van der Waals surface area contributed by atoms with E-state index in [2.05, 4.69) is 20.6 Å². The first-order valence-corrected chi connectivity index (χ1v) is 10.8. The van der Waals surface area contributed by atoms with Gasteiger partial charge in [0.25, 0.3) is 5.91 Å². The number of rotatable bonds is 5. The van der Waals surface area contributed by atoms with Gasteiger partial charge in [-0.25, -0.2) is 4.98 Å². The third-order valence-electron chi connectivity index (χ3n) is 5.76. The number of nitrogens with one attached hydrogen (secondary N) is 2. The van der Waals surface area contributed by atoms with Crippen molar-refractivity contribution in [3.63, 3.8) is 0 Å². The molecule has 0 aliphatic heterocycles. The van der Waals surface area contributed by atoms with Gasteiger partial charge in [-0.3, -0.25) is 4.79 Å². The van der Waals surface area contributed by atoms with E-state index in [0.717, 1.165) is 35.6 Å². The van der Waals surface area contributed by atoms with Crippen molar-refractivity contribution in [1.82, 2.24) is 15.3 Å².